The summed E-state index contributed by atoms with van der Waals surface area (Å²) in [7, 11) is 0. The van der Waals surface area contributed by atoms with Crippen molar-refractivity contribution >= 4 is 27.3 Å². The molecule has 3 aromatic rings. The summed E-state index contributed by atoms with van der Waals surface area (Å²) in [5.41, 5.74) is 3.10. The first-order valence-corrected chi connectivity index (χ1v) is 7.79. The van der Waals surface area contributed by atoms with Gasteiger partial charge in [0.2, 0.25) is 0 Å². The maximum atomic E-state index is 14.1. The van der Waals surface area contributed by atoms with Crippen LogP contribution in [-0.4, -0.2) is 4.98 Å². The molecule has 0 aliphatic heterocycles. The lowest BCUT2D eigenvalue weighted by Gasteiger charge is -2.01. The predicted octanol–water partition coefficient (Wildman–Crippen LogP) is 5.69. The lowest BCUT2D eigenvalue weighted by atomic mass is 10.1. The van der Waals surface area contributed by atoms with Crippen LogP contribution in [0.25, 0.3) is 21.8 Å². The van der Waals surface area contributed by atoms with Gasteiger partial charge in [-0.25, -0.2) is 9.37 Å². The maximum Gasteiger partial charge on any atom is 0.136 e. The topological polar surface area (TPSA) is 12.9 Å². The van der Waals surface area contributed by atoms with E-state index in [0.29, 0.717) is 16.1 Å². The highest BCUT2D eigenvalue weighted by Crippen LogP contribution is 2.32. The molecule has 2 aromatic carbocycles. The first kappa shape index (κ1) is 13.5. The van der Waals surface area contributed by atoms with Crippen LogP contribution in [0.2, 0.25) is 0 Å². The summed E-state index contributed by atoms with van der Waals surface area (Å²) in [5.74, 6) is -0.192. The van der Waals surface area contributed by atoms with E-state index < -0.39 is 0 Å². The standard InChI is InChI=1S/C16H11BrFNS/c1-10-4-2-7-13(15(10)18)16-19-14(9-20-16)11-5-3-6-12(17)8-11/h2-9H,1H3. The molecule has 0 atom stereocenters. The normalized spacial score (nSPS) is 10.8. The van der Waals surface area contributed by atoms with E-state index in [1.807, 2.05) is 35.7 Å². The fraction of sp³-hybridized carbons (Fsp3) is 0.0625. The third-order valence-corrected chi connectivity index (χ3v) is 4.42. The fourth-order valence-electron chi connectivity index (χ4n) is 1.99. The van der Waals surface area contributed by atoms with E-state index in [0.717, 1.165) is 15.7 Å². The molecule has 3 rings (SSSR count). The van der Waals surface area contributed by atoms with Gasteiger partial charge in [-0.3, -0.25) is 0 Å². The Kier molecular flexibility index (Phi) is 3.68. The van der Waals surface area contributed by atoms with Crippen molar-refractivity contribution in [2.75, 3.05) is 0 Å². The molecule has 20 heavy (non-hydrogen) atoms. The summed E-state index contributed by atoms with van der Waals surface area (Å²) in [4.78, 5) is 4.55. The van der Waals surface area contributed by atoms with Crippen LogP contribution >= 0.6 is 27.3 Å². The molecular weight excluding hydrogens is 337 g/mol. The van der Waals surface area contributed by atoms with Gasteiger partial charge in [0.05, 0.1) is 5.69 Å². The van der Waals surface area contributed by atoms with Gasteiger partial charge in [-0.1, -0.05) is 40.2 Å². The Labute approximate surface area is 129 Å². The molecule has 100 valence electrons. The molecule has 1 nitrogen and oxygen atoms in total. The molecule has 0 saturated carbocycles. The SMILES string of the molecule is Cc1cccc(-c2nc(-c3cccc(Br)c3)cs2)c1F. The molecule has 0 saturated heterocycles. The Balaban J connectivity index is 2.04. The van der Waals surface area contributed by atoms with Crippen LogP contribution in [0.1, 0.15) is 5.56 Å². The number of benzene rings is 2. The fourth-order valence-corrected chi connectivity index (χ4v) is 3.24. The van der Waals surface area contributed by atoms with Crippen LogP contribution in [0.4, 0.5) is 4.39 Å². The second-order valence-electron chi connectivity index (χ2n) is 4.48. The van der Waals surface area contributed by atoms with Gasteiger partial charge in [0.1, 0.15) is 10.8 Å². The molecule has 0 amide bonds. The molecule has 0 aliphatic rings. The van der Waals surface area contributed by atoms with Crippen molar-refractivity contribution in [3.05, 3.63) is 63.7 Å². The zero-order valence-corrected chi connectivity index (χ0v) is 13.1. The average Bonchev–Trinajstić information content (AvgIpc) is 2.91. The van der Waals surface area contributed by atoms with Crippen LogP contribution in [-0.2, 0) is 0 Å². The molecular formula is C16H11BrFNS. The van der Waals surface area contributed by atoms with Crippen LogP contribution in [0, 0.1) is 12.7 Å². The number of aromatic nitrogens is 1. The molecule has 0 N–H and O–H groups in total. The van der Waals surface area contributed by atoms with Crippen molar-refractivity contribution in [3.8, 4) is 21.8 Å². The van der Waals surface area contributed by atoms with Crippen molar-refractivity contribution in [1.82, 2.24) is 4.98 Å². The average molecular weight is 348 g/mol. The zero-order chi connectivity index (χ0) is 14.1. The molecule has 0 aliphatic carbocycles. The monoisotopic (exact) mass is 347 g/mol. The second kappa shape index (κ2) is 5.46. The van der Waals surface area contributed by atoms with Gasteiger partial charge in [-0.15, -0.1) is 11.3 Å². The first-order chi connectivity index (χ1) is 9.65. The van der Waals surface area contributed by atoms with Crippen molar-refractivity contribution in [1.29, 1.82) is 0 Å². The molecule has 0 spiro atoms. The van der Waals surface area contributed by atoms with Gasteiger partial charge in [0.25, 0.3) is 0 Å². The minimum Gasteiger partial charge on any atom is -0.236 e. The highest BCUT2D eigenvalue weighted by molar-refractivity contribution is 9.10. The van der Waals surface area contributed by atoms with Crippen LogP contribution in [0.3, 0.4) is 0 Å². The highest BCUT2D eigenvalue weighted by Gasteiger charge is 2.12. The van der Waals surface area contributed by atoms with Crippen molar-refractivity contribution in [2.24, 2.45) is 0 Å². The third-order valence-electron chi connectivity index (χ3n) is 3.05. The molecule has 0 unspecified atom stereocenters. The lowest BCUT2D eigenvalue weighted by Crippen LogP contribution is -1.87. The number of aryl methyl sites for hydroxylation is 1. The first-order valence-electron chi connectivity index (χ1n) is 6.12. The Bertz CT molecular complexity index is 767. The summed E-state index contributed by atoms with van der Waals surface area (Å²) in [6, 6.07) is 13.3. The Hall–Kier alpha value is -1.52. The Morgan fingerprint density at radius 1 is 1.15 bits per heavy atom. The number of rotatable bonds is 2. The molecule has 0 radical (unpaired) electrons. The molecule has 0 bridgehead atoms. The second-order valence-corrected chi connectivity index (χ2v) is 6.26. The Morgan fingerprint density at radius 3 is 2.75 bits per heavy atom. The lowest BCUT2D eigenvalue weighted by molar-refractivity contribution is 0.622. The molecule has 4 heteroatoms. The van der Waals surface area contributed by atoms with Crippen molar-refractivity contribution < 1.29 is 4.39 Å². The zero-order valence-electron chi connectivity index (χ0n) is 10.7. The summed E-state index contributed by atoms with van der Waals surface area (Å²) < 4.78 is 15.1. The third kappa shape index (κ3) is 2.53. The number of hydrogen-bond acceptors (Lipinski definition) is 2. The summed E-state index contributed by atoms with van der Waals surface area (Å²) in [6.45, 7) is 1.77. The van der Waals surface area contributed by atoms with E-state index in [4.69, 9.17) is 0 Å². The van der Waals surface area contributed by atoms with Gasteiger partial charge >= 0.3 is 0 Å². The smallest absolute Gasteiger partial charge is 0.136 e. The molecule has 1 heterocycles. The number of halogens is 2. The van der Waals surface area contributed by atoms with E-state index in [-0.39, 0.29) is 5.82 Å². The minimum atomic E-state index is -0.192. The number of nitrogens with zero attached hydrogens (tertiary/aromatic N) is 1. The Morgan fingerprint density at radius 2 is 1.95 bits per heavy atom. The van der Waals surface area contributed by atoms with E-state index >= 15 is 0 Å². The largest absolute Gasteiger partial charge is 0.236 e. The van der Waals surface area contributed by atoms with Gasteiger partial charge < -0.3 is 0 Å². The quantitative estimate of drug-likeness (QED) is 0.580. The summed E-state index contributed by atoms with van der Waals surface area (Å²) in [5, 5.41) is 2.67. The van der Waals surface area contributed by atoms with E-state index in [1.165, 1.54) is 11.3 Å². The predicted molar refractivity (Wildman–Crippen MR) is 85.4 cm³/mol. The maximum absolute atomic E-state index is 14.1. The van der Waals surface area contributed by atoms with Gasteiger partial charge in [0, 0.05) is 21.0 Å². The van der Waals surface area contributed by atoms with Crippen LogP contribution in [0.15, 0.2) is 52.3 Å². The number of thiazole rings is 1. The number of hydrogen-bond donors (Lipinski definition) is 0. The molecule has 0 fully saturated rings. The van der Waals surface area contributed by atoms with E-state index in [9.17, 15) is 4.39 Å². The van der Waals surface area contributed by atoms with Gasteiger partial charge in [-0.05, 0) is 30.7 Å². The minimum absolute atomic E-state index is 0.192. The summed E-state index contributed by atoms with van der Waals surface area (Å²) in [6.07, 6.45) is 0. The van der Waals surface area contributed by atoms with Gasteiger partial charge in [-0.2, -0.15) is 0 Å². The van der Waals surface area contributed by atoms with E-state index in [2.05, 4.69) is 20.9 Å². The van der Waals surface area contributed by atoms with Crippen molar-refractivity contribution in [3.63, 3.8) is 0 Å². The van der Waals surface area contributed by atoms with Gasteiger partial charge in [0.15, 0.2) is 0 Å². The molecule has 1 aromatic heterocycles. The van der Waals surface area contributed by atoms with Crippen LogP contribution in [0.5, 0.6) is 0 Å². The van der Waals surface area contributed by atoms with E-state index in [1.54, 1.807) is 19.1 Å². The van der Waals surface area contributed by atoms with Crippen LogP contribution < -0.4 is 0 Å². The van der Waals surface area contributed by atoms with Crippen molar-refractivity contribution in [2.45, 2.75) is 6.92 Å². The summed E-state index contributed by atoms with van der Waals surface area (Å²) >= 11 is 4.91. The highest BCUT2D eigenvalue weighted by atomic mass is 79.9.